The van der Waals surface area contributed by atoms with Crippen LogP contribution in [0, 0.1) is 6.92 Å². The van der Waals surface area contributed by atoms with Crippen LogP contribution in [-0.2, 0) is 6.42 Å². The van der Waals surface area contributed by atoms with Crippen LogP contribution in [0.2, 0.25) is 0 Å². The zero-order chi connectivity index (χ0) is 9.42. The molecule has 0 saturated carbocycles. The minimum Gasteiger partial charge on any atom is -0.0992 e. The minimum atomic E-state index is 0.559. The number of fused-ring (bicyclic) bond motifs is 1. The number of allylic oxidation sites excluding steroid dienone is 1. The summed E-state index contributed by atoms with van der Waals surface area (Å²) < 4.78 is 0. The number of aryl methyl sites for hydroxylation is 2. The SMILES string of the molecule is C=C1CCc2ccc(C)cc2C1C. The van der Waals surface area contributed by atoms with Crippen LogP contribution in [0.3, 0.4) is 0 Å². The van der Waals surface area contributed by atoms with Crippen LogP contribution in [0.1, 0.15) is 36.0 Å². The zero-order valence-corrected chi connectivity index (χ0v) is 8.43. The number of benzene rings is 1. The van der Waals surface area contributed by atoms with Crippen LogP contribution in [0.5, 0.6) is 0 Å². The van der Waals surface area contributed by atoms with Crippen molar-refractivity contribution < 1.29 is 0 Å². The van der Waals surface area contributed by atoms with Gasteiger partial charge < -0.3 is 0 Å². The second kappa shape index (κ2) is 3.02. The summed E-state index contributed by atoms with van der Waals surface area (Å²) in [5.74, 6) is 0.559. The van der Waals surface area contributed by atoms with Crippen molar-refractivity contribution in [3.05, 3.63) is 47.0 Å². The molecule has 13 heavy (non-hydrogen) atoms. The highest BCUT2D eigenvalue weighted by Gasteiger charge is 2.18. The predicted octanol–water partition coefficient (Wildman–Crippen LogP) is 3.60. The highest BCUT2D eigenvalue weighted by molar-refractivity contribution is 5.41. The third kappa shape index (κ3) is 1.41. The fraction of sp³-hybridized carbons (Fsp3) is 0.385. The van der Waals surface area contributed by atoms with E-state index in [1.54, 1.807) is 0 Å². The molecule has 0 heteroatoms. The Hall–Kier alpha value is -1.04. The van der Waals surface area contributed by atoms with E-state index in [-0.39, 0.29) is 0 Å². The van der Waals surface area contributed by atoms with Crippen molar-refractivity contribution >= 4 is 0 Å². The summed E-state index contributed by atoms with van der Waals surface area (Å²) in [5.41, 5.74) is 5.76. The fourth-order valence-electron chi connectivity index (χ4n) is 2.08. The molecule has 1 unspecified atom stereocenters. The number of rotatable bonds is 0. The third-order valence-electron chi connectivity index (χ3n) is 3.10. The monoisotopic (exact) mass is 172 g/mol. The van der Waals surface area contributed by atoms with Gasteiger partial charge in [-0.2, -0.15) is 0 Å². The molecular formula is C13H16. The van der Waals surface area contributed by atoms with E-state index in [0.29, 0.717) is 5.92 Å². The smallest absolute Gasteiger partial charge is 0.00200 e. The van der Waals surface area contributed by atoms with E-state index in [0.717, 1.165) is 6.42 Å². The Kier molecular flexibility index (Phi) is 1.99. The highest BCUT2D eigenvalue weighted by Crippen LogP contribution is 2.34. The Morgan fingerprint density at radius 3 is 2.85 bits per heavy atom. The molecule has 1 atom stereocenters. The van der Waals surface area contributed by atoms with Gasteiger partial charge in [0.15, 0.2) is 0 Å². The van der Waals surface area contributed by atoms with E-state index >= 15 is 0 Å². The first kappa shape index (κ1) is 8.55. The first-order valence-electron chi connectivity index (χ1n) is 4.95. The molecule has 0 amide bonds. The maximum Gasteiger partial charge on any atom is 0.00200 e. The normalized spacial score (nSPS) is 21.4. The standard InChI is InChI=1S/C13H16/c1-9-4-6-12-7-5-10(2)11(3)13(12)8-9/h4,6,8,11H,2,5,7H2,1,3H3. The summed E-state index contributed by atoms with van der Waals surface area (Å²) in [6.07, 6.45) is 2.34. The van der Waals surface area contributed by atoms with Crippen LogP contribution in [-0.4, -0.2) is 0 Å². The lowest BCUT2D eigenvalue weighted by Gasteiger charge is -2.25. The summed E-state index contributed by atoms with van der Waals surface area (Å²) in [7, 11) is 0. The van der Waals surface area contributed by atoms with Gasteiger partial charge in [-0.05, 0) is 30.9 Å². The lowest BCUT2D eigenvalue weighted by atomic mass is 9.80. The average molecular weight is 172 g/mol. The van der Waals surface area contributed by atoms with E-state index in [9.17, 15) is 0 Å². The van der Waals surface area contributed by atoms with Crippen molar-refractivity contribution in [2.75, 3.05) is 0 Å². The van der Waals surface area contributed by atoms with Crippen molar-refractivity contribution in [3.8, 4) is 0 Å². The second-order valence-electron chi connectivity index (χ2n) is 4.08. The third-order valence-corrected chi connectivity index (χ3v) is 3.10. The molecule has 0 nitrogen and oxygen atoms in total. The van der Waals surface area contributed by atoms with Gasteiger partial charge in [-0.3, -0.25) is 0 Å². The summed E-state index contributed by atoms with van der Waals surface area (Å²) >= 11 is 0. The summed E-state index contributed by atoms with van der Waals surface area (Å²) in [6.45, 7) is 8.54. The van der Waals surface area contributed by atoms with Gasteiger partial charge in [0.25, 0.3) is 0 Å². The first-order valence-corrected chi connectivity index (χ1v) is 4.95. The molecule has 1 aliphatic carbocycles. The van der Waals surface area contributed by atoms with Gasteiger partial charge in [-0.15, -0.1) is 0 Å². The summed E-state index contributed by atoms with van der Waals surface area (Å²) in [4.78, 5) is 0. The van der Waals surface area contributed by atoms with Gasteiger partial charge >= 0.3 is 0 Å². The Morgan fingerprint density at radius 1 is 1.31 bits per heavy atom. The fourth-order valence-corrected chi connectivity index (χ4v) is 2.08. The van der Waals surface area contributed by atoms with Crippen molar-refractivity contribution in [3.63, 3.8) is 0 Å². The largest absolute Gasteiger partial charge is 0.0992 e. The molecule has 0 heterocycles. The van der Waals surface area contributed by atoms with Gasteiger partial charge in [0.05, 0.1) is 0 Å². The van der Waals surface area contributed by atoms with E-state index < -0.39 is 0 Å². The zero-order valence-electron chi connectivity index (χ0n) is 8.43. The van der Waals surface area contributed by atoms with E-state index in [1.807, 2.05) is 0 Å². The molecule has 0 bridgehead atoms. The van der Waals surface area contributed by atoms with Crippen molar-refractivity contribution in [2.24, 2.45) is 0 Å². The second-order valence-corrected chi connectivity index (χ2v) is 4.08. The van der Waals surface area contributed by atoms with Crippen LogP contribution in [0.15, 0.2) is 30.4 Å². The van der Waals surface area contributed by atoms with E-state index in [2.05, 4.69) is 38.6 Å². The molecule has 1 aromatic carbocycles. The molecule has 0 radical (unpaired) electrons. The van der Waals surface area contributed by atoms with Gasteiger partial charge in [0.2, 0.25) is 0 Å². The molecule has 0 saturated heterocycles. The molecule has 1 aliphatic rings. The molecule has 2 rings (SSSR count). The van der Waals surface area contributed by atoms with Gasteiger partial charge in [-0.1, -0.05) is 42.8 Å². The van der Waals surface area contributed by atoms with E-state index in [1.165, 1.54) is 28.7 Å². The molecule has 68 valence electrons. The van der Waals surface area contributed by atoms with Crippen LogP contribution >= 0.6 is 0 Å². The van der Waals surface area contributed by atoms with E-state index in [4.69, 9.17) is 0 Å². The van der Waals surface area contributed by atoms with Crippen LogP contribution in [0.25, 0.3) is 0 Å². The number of hydrogen-bond donors (Lipinski definition) is 0. The predicted molar refractivity (Wildman–Crippen MR) is 57.1 cm³/mol. The summed E-state index contributed by atoms with van der Waals surface area (Å²) in [5, 5.41) is 0. The molecule has 0 aliphatic heterocycles. The Labute approximate surface area is 80.3 Å². The lowest BCUT2D eigenvalue weighted by Crippen LogP contribution is -2.09. The lowest BCUT2D eigenvalue weighted by molar-refractivity contribution is 0.740. The van der Waals surface area contributed by atoms with Crippen molar-refractivity contribution in [2.45, 2.75) is 32.6 Å². The maximum atomic E-state index is 4.12. The van der Waals surface area contributed by atoms with Crippen molar-refractivity contribution in [1.82, 2.24) is 0 Å². The summed E-state index contributed by atoms with van der Waals surface area (Å²) in [6, 6.07) is 6.79. The molecule has 0 spiro atoms. The Morgan fingerprint density at radius 2 is 2.08 bits per heavy atom. The van der Waals surface area contributed by atoms with Crippen LogP contribution < -0.4 is 0 Å². The molecule has 0 fully saturated rings. The molecule has 1 aromatic rings. The quantitative estimate of drug-likeness (QED) is 0.524. The van der Waals surface area contributed by atoms with Crippen LogP contribution in [0.4, 0.5) is 0 Å². The molecule has 0 N–H and O–H groups in total. The van der Waals surface area contributed by atoms with Gasteiger partial charge in [0, 0.05) is 5.92 Å². The first-order chi connectivity index (χ1) is 6.18. The molecular weight excluding hydrogens is 156 g/mol. The Bertz CT molecular complexity index is 347. The minimum absolute atomic E-state index is 0.559. The number of hydrogen-bond acceptors (Lipinski definition) is 0. The topological polar surface area (TPSA) is 0 Å². The van der Waals surface area contributed by atoms with Gasteiger partial charge in [-0.25, -0.2) is 0 Å². The average Bonchev–Trinajstić information content (AvgIpc) is 2.12. The van der Waals surface area contributed by atoms with Gasteiger partial charge in [0.1, 0.15) is 0 Å². The molecule has 0 aromatic heterocycles. The highest BCUT2D eigenvalue weighted by atomic mass is 14.2. The van der Waals surface area contributed by atoms with Crippen molar-refractivity contribution in [1.29, 1.82) is 0 Å². The maximum absolute atomic E-state index is 4.12. The Balaban J connectivity index is 2.51.